The summed E-state index contributed by atoms with van der Waals surface area (Å²) < 4.78 is 10.8. The number of rotatable bonds is 7. The summed E-state index contributed by atoms with van der Waals surface area (Å²) in [6, 6.07) is 7.00. The summed E-state index contributed by atoms with van der Waals surface area (Å²) in [6.45, 7) is 13.2. The lowest BCUT2D eigenvalue weighted by Gasteiger charge is -2.35. The summed E-state index contributed by atoms with van der Waals surface area (Å²) in [6.07, 6.45) is 3.97. The highest BCUT2D eigenvalue weighted by atomic mass is 35.5. The van der Waals surface area contributed by atoms with Gasteiger partial charge in [-0.3, -0.25) is 14.6 Å². The molecule has 2 aliphatic rings. The van der Waals surface area contributed by atoms with Gasteiger partial charge in [0.1, 0.15) is 6.04 Å². The molecule has 1 fully saturated rings. The maximum Gasteiger partial charge on any atom is 0.410 e. The largest absolute Gasteiger partial charge is 0.450 e. The molecule has 9 heteroatoms. The van der Waals surface area contributed by atoms with E-state index >= 15 is 0 Å². The Balaban J connectivity index is 1.62. The number of H-pyrrole nitrogens is 1. The van der Waals surface area contributed by atoms with E-state index in [0.717, 1.165) is 60.2 Å². The molecule has 0 saturated carbocycles. The third kappa shape index (κ3) is 6.44. The van der Waals surface area contributed by atoms with Crippen molar-refractivity contribution in [3.05, 3.63) is 68.3 Å². The third-order valence-electron chi connectivity index (χ3n) is 6.74. The Bertz CT molecular complexity index is 1260. The number of fused-ring (bicyclic) bond motifs is 1. The summed E-state index contributed by atoms with van der Waals surface area (Å²) in [5, 5.41) is 5.41. The molecule has 3 heterocycles. The number of carbonyl (C=O) groups is 2. The summed E-state index contributed by atoms with van der Waals surface area (Å²) in [4.78, 5) is 33.4. The van der Waals surface area contributed by atoms with Crippen LogP contribution in [0.1, 0.15) is 47.1 Å². The second kappa shape index (κ2) is 12.4. The zero-order valence-electron chi connectivity index (χ0n) is 21.5. The van der Waals surface area contributed by atoms with Crippen molar-refractivity contribution in [3.63, 3.8) is 0 Å². The Morgan fingerprint density at radius 2 is 2.08 bits per heavy atom. The van der Waals surface area contributed by atoms with Crippen molar-refractivity contribution in [2.24, 2.45) is 0 Å². The molecule has 0 spiro atoms. The Kier molecular flexibility index (Phi) is 9.08. The molecule has 4 rings (SSSR count). The number of aromatic nitrogens is 1. The van der Waals surface area contributed by atoms with Crippen molar-refractivity contribution in [1.82, 2.24) is 20.1 Å². The van der Waals surface area contributed by atoms with E-state index in [1.807, 2.05) is 37.3 Å². The molecule has 37 heavy (non-hydrogen) atoms. The number of benzene rings is 1. The lowest BCUT2D eigenvalue weighted by Crippen LogP contribution is -2.42. The maximum atomic E-state index is 13.0. The monoisotopic (exact) mass is 526 g/mol. The van der Waals surface area contributed by atoms with E-state index in [1.165, 1.54) is 0 Å². The number of halogens is 1. The number of ether oxygens (including phenoxy) is 2. The van der Waals surface area contributed by atoms with E-state index < -0.39 is 6.04 Å². The van der Waals surface area contributed by atoms with Crippen molar-refractivity contribution in [3.8, 4) is 0 Å². The van der Waals surface area contributed by atoms with Crippen LogP contribution in [0, 0.1) is 0 Å². The fourth-order valence-electron chi connectivity index (χ4n) is 4.85. The first-order valence-electron chi connectivity index (χ1n) is 12.7. The molecule has 0 bridgehead atoms. The SMILES string of the molecule is C=c1c2c([nH]/c1=C/C=C(\C)Cl)C(c1cccc(C(=O)NCCN3CCOCC3)c1)N(C(=O)OCC)CC2. The van der Waals surface area contributed by atoms with Gasteiger partial charge in [0.2, 0.25) is 0 Å². The molecule has 1 atom stereocenters. The van der Waals surface area contributed by atoms with Gasteiger partial charge in [-0.2, -0.15) is 0 Å². The number of allylic oxidation sites excluding steroid dienone is 2. The molecule has 2 amide bonds. The van der Waals surface area contributed by atoms with Crippen molar-refractivity contribution in [2.45, 2.75) is 26.3 Å². The number of morpholine rings is 1. The molecule has 2 N–H and O–H groups in total. The summed E-state index contributed by atoms with van der Waals surface area (Å²) >= 11 is 6.04. The molecule has 0 radical (unpaired) electrons. The molecule has 0 aliphatic carbocycles. The van der Waals surface area contributed by atoms with E-state index in [2.05, 4.69) is 21.8 Å². The van der Waals surface area contributed by atoms with Gasteiger partial charge >= 0.3 is 6.09 Å². The molecule has 8 nitrogen and oxygen atoms in total. The van der Waals surface area contributed by atoms with E-state index in [0.29, 0.717) is 30.1 Å². The zero-order valence-corrected chi connectivity index (χ0v) is 22.3. The number of nitrogens with one attached hydrogen (secondary N) is 2. The van der Waals surface area contributed by atoms with E-state index in [1.54, 1.807) is 17.9 Å². The van der Waals surface area contributed by atoms with Crippen molar-refractivity contribution >= 4 is 36.3 Å². The number of aromatic amines is 1. The molecule has 2 aromatic rings. The van der Waals surface area contributed by atoms with E-state index in [9.17, 15) is 9.59 Å². The lowest BCUT2D eigenvalue weighted by atomic mass is 9.92. The van der Waals surface area contributed by atoms with Gasteiger partial charge in [-0.05, 0) is 60.9 Å². The van der Waals surface area contributed by atoms with Crippen molar-refractivity contribution < 1.29 is 19.1 Å². The van der Waals surface area contributed by atoms with E-state index in [-0.39, 0.29) is 18.6 Å². The van der Waals surface area contributed by atoms with Crippen molar-refractivity contribution in [1.29, 1.82) is 0 Å². The number of hydrogen-bond acceptors (Lipinski definition) is 5. The van der Waals surface area contributed by atoms with Gasteiger partial charge in [0, 0.05) is 54.4 Å². The first-order chi connectivity index (χ1) is 17.9. The number of hydrogen-bond donors (Lipinski definition) is 2. The summed E-state index contributed by atoms with van der Waals surface area (Å²) in [7, 11) is 0. The molecular formula is C28H35ClN4O4. The predicted molar refractivity (Wildman–Crippen MR) is 145 cm³/mol. The molecule has 198 valence electrons. The van der Waals surface area contributed by atoms with Crippen LogP contribution < -0.4 is 15.9 Å². The van der Waals surface area contributed by atoms with Crippen LogP contribution >= 0.6 is 11.6 Å². The highest BCUT2D eigenvalue weighted by molar-refractivity contribution is 6.29. The maximum absolute atomic E-state index is 13.0. The van der Waals surface area contributed by atoms with Gasteiger partial charge in [-0.25, -0.2) is 4.79 Å². The highest BCUT2D eigenvalue weighted by Crippen LogP contribution is 2.33. The fourth-order valence-corrected chi connectivity index (χ4v) is 4.91. The van der Waals surface area contributed by atoms with Crippen LogP contribution in [0.2, 0.25) is 0 Å². The second-order valence-electron chi connectivity index (χ2n) is 9.21. The smallest absolute Gasteiger partial charge is 0.410 e. The number of carbonyl (C=O) groups excluding carboxylic acids is 2. The molecule has 1 unspecified atom stereocenters. The van der Waals surface area contributed by atoms with Crippen LogP contribution in [-0.4, -0.2) is 79.3 Å². The first-order valence-corrected chi connectivity index (χ1v) is 13.1. The Hall–Kier alpha value is -3.07. The Labute approximate surface area is 222 Å². The van der Waals surface area contributed by atoms with Crippen LogP contribution in [0.4, 0.5) is 4.79 Å². The van der Waals surface area contributed by atoms with Gasteiger partial charge in [0.15, 0.2) is 0 Å². The van der Waals surface area contributed by atoms with Gasteiger partial charge in [-0.15, -0.1) is 0 Å². The number of nitrogens with zero attached hydrogens (tertiary/aromatic N) is 2. The topological polar surface area (TPSA) is 86.9 Å². The lowest BCUT2D eigenvalue weighted by molar-refractivity contribution is 0.0383. The quantitative estimate of drug-likeness (QED) is 0.579. The number of amides is 2. The van der Waals surface area contributed by atoms with Crippen LogP contribution in [0.25, 0.3) is 12.7 Å². The molecular weight excluding hydrogens is 492 g/mol. The Morgan fingerprint density at radius 3 is 2.81 bits per heavy atom. The normalized spacial score (nSPS) is 19.0. The zero-order chi connectivity index (χ0) is 26.4. The average Bonchev–Trinajstić information content (AvgIpc) is 3.23. The summed E-state index contributed by atoms with van der Waals surface area (Å²) in [5.74, 6) is -0.144. The average molecular weight is 527 g/mol. The van der Waals surface area contributed by atoms with Gasteiger partial charge in [0.25, 0.3) is 5.91 Å². The van der Waals surface area contributed by atoms with Crippen LogP contribution in [-0.2, 0) is 15.9 Å². The van der Waals surface area contributed by atoms with E-state index in [4.69, 9.17) is 21.1 Å². The minimum atomic E-state index is -0.437. The van der Waals surface area contributed by atoms with Crippen LogP contribution in [0.3, 0.4) is 0 Å². The van der Waals surface area contributed by atoms with Crippen LogP contribution in [0.15, 0.2) is 35.4 Å². The third-order valence-corrected chi connectivity index (χ3v) is 6.86. The minimum Gasteiger partial charge on any atom is -0.450 e. The molecule has 1 saturated heterocycles. The highest BCUT2D eigenvalue weighted by Gasteiger charge is 2.35. The van der Waals surface area contributed by atoms with Crippen LogP contribution in [0.5, 0.6) is 0 Å². The standard InChI is InChI=1S/C28H35ClN4O4/c1-4-37-28(35)33-12-10-23-20(3)24(9-8-19(2)29)31-25(23)26(33)21-6-5-7-22(18-21)27(34)30-11-13-32-14-16-36-17-15-32/h5-9,18,26,31H,3-4,10-17H2,1-2H3,(H,30,34)/b19-8+,24-9+. The predicted octanol–water partition coefficient (Wildman–Crippen LogP) is 2.51. The minimum absolute atomic E-state index is 0.144. The van der Waals surface area contributed by atoms with Gasteiger partial charge < -0.3 is 19.8 Å². The Morgan fingerprint density at radius 1 is 1.30 bits per heavy atom. The van der Waals surface area contributed by atoms with Gasteiger partial charge in [0.05, 0.1) is 19.8 Å². The van der Waals surface area contributed by atoms with Crippen molar-refractivity contribution in [2.75, 3.05) is 52.5 Å². The second-order valence-corrected chi connectivity index (χ2v) is 9.81. The van der Waals surface area contributed by atoms with Gasteiger partial charge in [-0.1, -0.05) is 30.3 Å². The summed E-state index contributed by atoms with van der Waals surface area (Å²) in [5.41, 5.74) is 3.31. The molecule has 1 aromatic heterocycles. The first kappa shape index (κ1) is 27.0. The fraction of sp³-hybridized carbons (Fsp3) is 0.429. The molecule has 1 aromatic carbocycles. The molecule has 2 aliphatic heterocycles.